The number of carbonyl (C=O) groups excluding carboxylic acids is 3. The fraction of sp³-hybridized carbons (Fsp3) is 0.609. The lowest BCUT2D eigenvalue weighted by Gasteiger charge is -2.19. The van der Waals surface area contributed by atoms with Crippen molar-refractivity contribution in [3.05, 3.63) is 18.0 Å². The maximum atomic E-state index is 12.8. The topological polar surface area (TPSA) is 118 Å². The monoisotopic (exact) mass is 458 g/mol. The van der Waals surface area contributed by atoms with E-state index in [0.717, 1.165) is 56.8 Å². The highest BCUT2D eigenvalue weighted by Gasteiger charge is 2.26. The van der Waals surface area contributed by atoms with E-state index in [-0.39, 0.29) is 29.8 Å². The summed E-state index contributed by atoms with van der Waals surface area (Å²) in [6.45, 7) is 0. The van der Waals surface area contributed by atoms with Crippen LogP contribution >= 0.6 is 0 Å². The maximum Gasteiger partial charge on any atom is 0.305 e. The van der Waals surface area contributed by atoms with Gasteiger partial charge in [0, 0.05) is 44.6 Å². The van der Waals surface area contributed by atoms with E-state index in [1.165, 1.54) is 7.11 Å². The summed E-state index contributed by atoms with van der Waals surface area (Å²) in [6.07, 6.45) is 9.99. The fourth-order valence-corrected chi connectivity index (χ4v) is 4.19. The number of hydrazine groups is 1. The molecule has 0 aliphatic heterocycles. The Labute approximate surface area is 194 Å². The molecule has 2 N–H and O–H groups in total. The first-order valence-corrected chi connectivity index (χ1v) is 11.6. The summed E-state index contributed by atoms with van der Waals surface area (Å²) in [5.41, 5.74) is 6.76. The highest BCUT2D eigenvalue weighted by atomic mass is 16.5. The molecule has 2 heterocycles. The first kappa shape index (κ1) is 24.5. The Bertz CT molecular complexity index is 981. The molecule has 2 aromatic heterocycles. The molecule has 1 aliphatic rings. The minimum absolute atomic E-state index is 0.0608. The van der Waals surface area contributed by atoms with Gasteiger partial charge >= 0.3 is 5.97 Å². The molecule has 0 saturated heterocycles. The molecular formula is C23H34N6O4. The Balaban J connectivity index is 1.59. The smallest absolute Gasteiger partial charge is 0.305 e. The van der Waals surface area contributed by atoms with Gasteiger partial charge in [-0.25, -0.2) is 4.98 Å². The third-order valence-corrected chi connectivity index (χ3v) is 5.97. The van der Waals surface area contributed by atoms with Gasteiger partial charge in [-0.3, -0.25) is 25.2 Å². The van der Waals surface area contributed by atoms with Gasteiger partial charge in [0.05, 0.1) is 7.11 Å². The Morgan fingerprint density at radius 3 is 2.48 bits per heavy atom. The van der Waals surface area contributed by atoms with Gasteiger partial charge in [0.2, 0.25) is 11.9 Å². The predicted molar refractivity (Wildman–Crippen MR) is 125 cm³/mol. The number of fused-ring (bicyclic) bond motifs is 1. The van der Waals surface area contributed by atoms with Crippen molar-refractivity contribution in [1.82, 2.24) is 24.9 Å². The van der Waals surface area contributed by atoms with Crippen LogP contribution in [0.3, 0.4) is 0 Å². The number of amides is 2. The van der Waals surface area contributed by atoms with Crippen molar-refractivity contribution in [1.29, 1.82) is 0 Å². The van der Waals surface area contributed by atoms with E-state index in [0.29, 0.717) is 24.2 Å². The van der Waals surface area contributed by atoms with Crippen LogP contribution in [-0.4, -0.2) is 58.4 Å². The average Bonchev–Trinajstić information content (AvgIpc) is 3.46. The number of nitrogens with zero attached hydrogens (tertiary/aromatic N) is 4. The Morgan fingerprint density at radius 1 is 1.12 bits per heavy atom. The van der Waals surface area contributed by atoms with Crippen molar-refractivity contribution >= 4 is 34.8 Å². The van der Waals surface area contributed by atoms with Crippen LogP contribution in [0.15, 0.2) is 12.3 Å². The molecule has 3 rings (SSSR count). The second-order valence-corrected chi connectivity index (χ2v) is 8.67. The van der Waals surface area contributed by atoms with E-state index in [4.69, 9.17) is 0 Å². The molecule has 0 radical (unpaired) electrons. The third-order valence-electron chi connectivity index (χ3n) is 5.97. The third kappa shape index (κ3) is 6.43. The lowest BCUT2D eigenvalue weighted by molar-refractivity contribution is -0.140. The predicted octanol–water partition coefficient (Wildman–Crippen LogP) is 3.20. The van der Waals surface area contributed by atoms with Crippen LogP contribution in [0.4, 0.5) is 5.95 Å². The first-order valence-electron chi connectivity index (χ1n) is 11.6. The summed E-state index contributed by atoms with van der Waals surface area (Å²) < 4.78 is 6.65. The minimum atomic E-state index is -0.203. The number of carbonyl (C=O) groups is 3. The number of anilines is 1. The van der Waals surface area contributed by atoms with Crippen LogP contribution in [0.2, 0.25) is 0 Å². The standard InChI is InChI=1S/C23H34N6O4/c1-28(2)22(32)18-14-16-15-24-23(25-21(16)29(18)17-10-8-9-11-17)27-26-19(30)12-6-4-5-7-13-20(31)33-3/h14-15,17H,4-13H2,1-3H3,(H,26,30)(H,24,25,27). The Morgan fingerprint density at radius 2 is 1.82 bits per heavy atom. The highest BCUT2D eigenvalue weighted by Crippen LogP contribution is 2.34. The molecule has 2 aromatic rings. The van der Waals surface area contributed by atoms with Crippen molar-refractivity contribution in [3.8, 4) is 0 Å². The average molecular weight is 459 g/mol. The van der Waals surface area contributed by atoms with Gasteiger partial charge < -0.3 is 14.2 Å². The van der Waals surface area contributed by atoms with Crippen molar-refractivity contribution < 1.29 is 19.1 Å². The summed E-state index contributed by atoms with van der Waals surface area (Å²) in [5.74, 6) is -0.128. The van der Waals surface area contributed by atoms with E-state index in [2.05, 4.69) is 25.6 Å². The normalized spacial score (nSPS) is 13.8. The zero-order valence-electron chi connectivity index (χ0n) is 19.7. The van der Waals surface area contributed by atoms with E-state index < -0.39 is 0 Å². The summed E-state index contributed by atoms with van der Waals surface area (Å²) in [5, 5.41) is 0.802. The molecular weight excluding hydrogens is 424 g/mol. The summed E-state index contributed by atoms with van der Waals surface area (Å²) in [6, 6.07) is 2.08. The molecule has 33 heavy (non-hydrogen) atoms. The van der Waals surface area contributed by atoms with Crippen LogP contribution in [0.1, 0.15) is 80.7 Å². The van der Waals surface area contributed by atoms with Gasteiger partial charge in [-0.05, 0) is 31.7 Å². The quantitative estimate of drug-likeness (QED) is 0.301. The number of unbranched alkanes of at least 4 members (excludes halogenated alkanes) is 3. The second kappa shape index (κ2) is 11.6. The van der Waals surface area contributed by atoms with Gasteiger partial charge in [0.15, 0.2) is 0 Å². The van der Waals surface area contributed by atoms with Crippen LogP contribution in [0.25, 0.3) is 11.0 Å². The molecule has 1 aliphatic carbocycles. The number of aromatic nitrogens is 3. The molecule has 1 fully saturated rings. The van der Waals surface area contributed by atoms with Crippen LogP contribution in [0, 0.1) is 0 Å². The van der Waals surface area contributed by atoms with Crippen molar-refractivity contribution in [2.75, 3.05) is 26.6 Å². The van der Waals surface area contributed by atoms with E-state index in [9.17, 15) is 14.4 Å². The Kier molecular flexibility index (Phi) is 8.62. The molecule has 0 unspecified atom stereocenters. The molecule has 0 spiro atoms. The molecule has 180 valence electrons. The number of esters is 1. The van der Waals surface area contributed by atoms with Gasteiger partial charge in [0.25, 0.3) is 5.91 Å². The largest absolute Gasteiger partial charge is 0.469 e. The van der Waals surface area contributed by atoms with Gasteiger partial charge in [-0.15, -0.1) is 0 Å². The molecule has 0 atom stereocenters. The van der Waals surface area contributed by atoms with Gasteiger partial charge in [-0.2, -0.15) is 4.98 Å². The zero-order valence-corrected chi connectivity index (χ0v) is 19.7. The zero-order chi connectivity index (χ0) is 23.8. The van der Waals surface area contributed by atoms with Gasteiger partial charge in [-0.1, -0.05) is 25.7 Å². The molecule has 10 heteroatoms. The molecule has 0 aromatic carbocycles. The number of nitrogens with one attached hydrogen (secondary N) is 2. The summed E-state index contributed by atoms with van der Waals surface area (Å²) in [7, 11) is 4.87. The second-order valence-electron chi connectivity index (χ2n) is 8.67. The highest BCUT2D eigenvalue weighted by molar-refractivity contribution is 5.97. The van der Waals surface area contributed by atoms with Crippen LogP contribution in [-0.2, 0) is 14.3 Å². The number of methoxy groups -OCH3 is 1. The Hall–Kier alpha value is -3.17. The van der Waals surface area contributed by atoms with Crippen LogP contribution in [0.5, 0.6) is 0 Å². The molecule has 10 nitrogen and oxygen atoms in total. The summed E-state index contributed by atoms with van der Waals surface area (Å²) >= 11 is 0. The lowest BCUT2D eigenvalue weighted by Crippen LogP contribution is -2.30. The van der Waals surface area contributed by atoms with E-state index in [1.807, 2.05) is 10.6 Å². The molecule has 1 saturated carbocycles. The lowest BCUT2D eigenvalue weighted by atomic mass is 10.1. The van der Waals surface area contributed by atoms with Gasteiger partial charge in [0.1, 0.15) is 11.3 Å². The molecule has 0 bridgehead atoms. The SMILES string of the molecule is COC(=O)CCCCCCC(=O)NNc1ncc2cc(C(=O)N(C)C)n(C3CCCC3)c2n1. The van der Waals surface area contributed by atoms with Crippen molar-refractivity contribution in [2.45, 2.75) is 70.3 Å². The van der Waals surface area contributed by atoms with Crippen LogP contribution < -0.4 is 10.9 Å². The number of rotatable bonds is 11. The fourth-order valence-electron chi connectivity index (χ4n) is 4.19. The molecule has 2 amide bonds. The van der Waals surface area contributed by atoms with Crippen molar-refractivity contribution in [3.63, 3.8) is 0 Å². The summed E-state index contributed by atoms with van der Waals surface area (Å²) in [4.78, 5) is 46.5. The minimum Gasteiger partial charge on any atom is -0.469 e. The van der Waals surface area contributed by atoms with E-state index >= 15 is 0 Å². The first-order chi connectivity index (χ1) is 15.9. The van der Waals surface area contributed by atoms with E-state index in [1.54, 1.807) is 25.2 Å². The number of ether oxygens (including phenoxy) is 1. The van der Waals surface area contributed by atoms with Crippen molar-refractivity contribution in [2.24, 2.45) is 0 Å². The number of hydrogen-bond acceptors (Lipinski definition) is 7. The maximum absolute atomic E-state index is 12.8. The number of hydrogen-bond donors (Lipinski definition) is 2.